The molecule has 3 rings (SSSR count). The summed E-state index contributed by atoms with van der Waals surface area (Å²) in [7, 11) is 0. The quantitative estimate of drug-likeness (QED) is 0.941. The molecule has 0 atom stereocenters. The minimum atomic E-state index is 0.120. The van der Waals surface area contributed by atoms with Crippen molar-refractivity contribution in [1.29, 1.82) is 0 Å². The van der Waals surface area contributed by atoms with Crippen LogP contribution in [0.1, 0.15) is 5.56 Å². The number of piperazine rings is 1. The maximum absolute atomic E-state index is 12.4. The van der Waals surface area contributed by atoms with Crippen LogP contribution >= 0.6 is 11.6 Å². The van der Waals surface area contributed by atoms with Gasteiger partial charge in [-0.3, -0.25) is 4.79 Å². The average Bonchev–Trinajstić information content (AvgIpc) is 2.57. The average molecular weight is 331 g/mol. The molecule has 120 valence electrons. The van der Waals surface area contributed by atoms with Gasteiger partial charge >= 0.3 is 0 Å². The number of phenols is 1. The fourth-order valence-corrected chi connectivity index (χ4v) is 3.06. The van der Waals surface area contributed by atoms with Crippen LogP contribution in [0.25, 0.3) is 0 Å². The third-order valence-electron chi connectivity index (χ3n) is 4.12. The Labute approximate surface area is 140 Å². The molecule has 5 heteroatoms. The van der Waals surface area contributed by atoms with Crippen molar-refractivity contribution in [1.82, 2.24) is 4.90 Å². The minimum Gasteiger partial charge on any atom is -0.508 e. The number of hydrogen-bond acceptors (Lipinski definition) is 3. The fraction of sp³-hybridized carbons (Fsp3) is 0.278. The number of carbonyl (C=O) groups is 1. The highest BCUT2D eigenvalue weighted by Crippen LogP contribution is 2.26. The largest absolute Gasteiger partial charge is 0.508 e. The topological polar surface area (TPSA) is 43.8 Å². The molecule has 0 radical (unpaired) electrons. The van der Waals surface area contributed by atoms with Crippen LogP contribution in [0.15, 0.2) is 48.5 Å². The maximum atomic E-state index is 12.4. The predicted molar refractivity (Wildman–Crippen MR) is 92.1 cm³/mol. The van der Waals surface area contributed by atoms with Crippen molar-refractivity contribution < 1.29 is 9.90 Å². The molecule has 1 aliphatic rings. The molecule has 0 aromatic heterocycles. The van der Waals surface area contributed by atoms with Crippen molar-refractivity contribution in [3.05, 3.63) is 59.1 Å². The Morgan fingerprint density at radius 2 is 1.65 bits per heavy atom. The number of nitrogens with zero attached hydrogens (tertiary/aromatic N) is 2. The SMILES string of the molecule is O=C(Cc1ccc(O)cc1)N1CCN(c2ccccc2Cl)CC1. The highest BCUT2D eigenvalue weighted by atomic mass is 35.5. The van der Waals surface area contributed by atoms with Gasteiger partial charge in [0.2, 0.25) is 5.91 Å². The number of phenolic OH excluding ortho intramolecular Hbond substituents is 1. The standard InChI is InChI=1S/C18H19ClN2O2/c19-16-3-1-2-4-17(16)20-9-11-21(12-10-20)18(23)13-14-5-7-15(22)8-6-14/h1-8,22H,9-13H2. The van der Waals surface area contributed by atoms with E-state index in [4.69, 9.17) is 11.6 Å². The van der Waals surface area contributed by atoms with E-state index in [0.29, 0.717) is 19.5 Å². The number of halogens is 1. The molecule has 0 bridgehead atoms. The summed E-state index contributed by atoms with van der Waals surface area (Å²) in [5.41, 5.74) is 1.95. The monoisotopic (exact) mass is 330 g/mol. The van der Waals surface area contributed by atoms with Crippen molar-refractivity contribution in [3.8, 4) is 5.75 Å². The molecule has 4 nitrogen and oxygen atoms in total. The summed E-state index contributed by atoms with van der Waals surface area (Å²) >= 11 is 6.23. The molecule has 2 aromatic rings. The van der Waals surface area contributed by atoms with Crippen molar-refractivity contribution in [3.63, 3.8) is 0 Å². The highest BCUT2D eigenvalue weighted by molar-refractivity contribution is 6.33. The van der Waals surface area contributed by atoms with E-state index in [9.17, 15) is 9.90 Å². The zero-order valence-electron chi connectivity index (χ0n) is 12.8. The van der Waals surface area contributed by atoms with Gasteiger partial charge in [0.15, 0.2) is 0 Å². The number of carbonyl (C=O) groups excluding carboxylic acids is 1. The molecule has 0 saturated carbocycles. The zero-order chi connectivity index (χ0) is 16.2. The van der Waals surface area contributed by atoms with Gasteiger partial charge in [0.25, 0.3) is 0 Å². The molecule has 0 unspecified atom stereocenters. The van der Waals surface area contributed by atoms with E-state index in [2.05, 4.69) is 4.90 Å². The van der Waals surface area contributed by atoms with E-state index >= 15 is 0 Å². The van der Waals surface area contributed by atoms with Gasteiger partial charge in [0, 0.05) is 26.2 Å². The van der Waals surface area contributed by atoms with Crippen LogP contribution in [0.2, 0.25) is 5.02 Å². The first-order valence-electron chi connectivity index (χ1n) is 7.68. The second kappa shape index (κ2) is 6.92. The van der Waals surface area contributed by atoms with Crippen LogP contribution in [0.4, 0.5) is 5.69 Å². The van der Waals surface area contributed by atoms with E-state index in [1.165, 1.54) is 0 Å². The van der Waals surface area contributed by atoms with Gasteiger partial charge in [-0.2, -0.15) is 0 Å². The molecular formula is C18H19ClN2O2. The fourth-order valence-electron chi connectivity index (χ4n) is 2.81. The molecule has 1 amide bonds. The number of anilines is 1. The Morgan fingerprint density at radius 1 is 1.00 bits per heavy atom. The molecule has 1 N–H and O–H groups in total. The van der Waals surface area contributed by atoms with Crippen LogP contribution < -0.4 is 4.90 Å². The summed E-state index contributed by atoms with van der Waals surface area (Å²) < 4.78 is 0. The first-order chi connectivity index (χ1) is 11.1. The summed E-state index contributed by atoms with van der Waals surface area (Å²) in [6.07, 6.45) is 0.367. The summed E-state index contributed by atoms with van der Waals surface area (Å²) in [6.45, 7) is 2.96. The number of aromatic hydroxyl groups is 1. The lowest BCUT2D eigenvalue weighted by molar-refractivity contribution is -0.130. The van der Waals surface area contributed by atoms with E-state index in [0.717, 1.165) is 29.4 Å². The summed E-state index contributed by atoms with van der Waals surface area (Å²) in [5, 5.41) is 10.0. The number of hydrogen-bond donors (Lipinski definition) is 1. The summed E-state index contributed by atoms with van der Waals surface area (Å²) in [4.78, 5) is 16.5. The van der Waals surface area contributed by atoms with Crippen LogP contribution in [0, 0.1) is 0 Å². The Morgan fingerprint density at radius 3 is 2.30 bits per heavy atom. The zero-order valence-corrected chi connectivity index (χ0v) is 13.5. The predicted octanol–water partition coefficient (Wildman–Crippen LogP) is 2.94. The number of rotatable bonds is 3. The van der Waals surface area contributed by atoms with E-state index < -0.39 is 0 Å². The van der Waals surface area contributed by atoms with E-state index in [1.54, 1.807) is 24.3 Å². The lowest BCUT2D eigenvalue weighted by Gasteiger charge is -2.36. The third kappa shape index (κ3) is 3.77. The second-order valence-electron chi connectivity index (χ2n) is 5.66. The maximum Gasteiger partial charge on any atom is 0.227 e. The van der Waals surface area contributed by atoms with Crippen LogP contribution in [-0.2, 0) is 11.2 Å². The third-order valence-corrected chi connectivity index (χ3v) is 4.44. The number of amides is 1. The van der Waals surface area contributed by atoms with Gasteiger partial charge in [-0.25, -0.2) is 0 Å². The first-order valence-corrected chi connectivity index (χ1v) is 8.06. The summed E-state index contributed by atoms with van der Waals surface area (Å²) in [6, 6.07) is 14.6. The van der Waals surface area contributed by atoms with Crippen molar-refractivity contribution in [2.75, 3.05) is 31.1 Å². The Balaban J connectivity index is 1.57. The van der Waals surface area contributed by atoms with Gasteiger partial charge in [0.1, 0.15) is 5.75 Å². The Bertz CT molecular complexity index is 680. The molecule has 1 fully saturated rings. The molecule has 0 spiro atoms. The molecular weight excluding hydrogens is 312 g/mol. The van der Waals surface area contributed by atoms with Crippen LogP contribution in [0.3, 0.4) is 0 Å². The molecule has 1 aliphatic heterocycles. The lowest BCUT2D eigenvalue weighted by atomic mass is 10.1. The molecule has 0 aliphatic carbocycles. The molecule has 1 heterocycles. The number of benzene rings is 2. The van der Waals surface area contributed by atoms with Crippen molar-refractivity contribution in [2.45, 2.75) is 6.42 Å². The van der Waals surface area contributed by atoms with E-state index in [1.807, 2.05) is 29.2 Å². The molecule has 2 aromatic carbocycles. The Kier molecular flexibility index (Phi) is 4.72. The van der Waals surface area contributed by atoms with E-state index in [-0.39, 0.29) is 11.7 Å². The lowest BCUT2D eigenvalue weighted by Crippen LogP contribution is -2.49. The van der Waals surface area contributed by atoms with Gasteiger partial charge < -0.3 is 14.9 Å². The smallest absolute Gasteiger partial charge is 0.227 e. The highest BCUT2D eigenvalue weighted by Gasteiger charge is 2.22. The Hall–Kier alpha value is -2.20. The van der Waals surface area contributed by atoms with Gasteiger partial charge in [-0.15, -0.1) is 0 Å². The summed E-state index contributed by atoms with van der Waals surface area (Å²) in [5.74, 6) is 0.337. The first kappa shape index (κ1) is 15.7. The second-order valence-corrected chi connectivity index (χ2v) is 6.07. The van der Waals surface area contributed by atoms with Gasteiger partial charge in [-0.1, -0.05) is 35.9 Å². The van der Waals surface area contributed by atoms with Crippen LogP contribution in [0.5, 0.6) is 5.75 Å². The molecule has 1 saturated heterocycles. The minimum absolute atomic E-state index is 0.120. The number of para-hydroxylation sites is 1. The normalized spacial score (nSPS) is 14.8. The van der Waals surface area contributed by atoms with Crippen LogP contribution in [-0.4, -0.2) is 42.1 Å². The van der Waals surface area contributed by atoms with Gasteiger partial charge in [0.05, 0.1) is 17.1 Å². The molecule has 23 heavy (non-hydrogen) atoms. The van der Waals surface area contributed by atoms with Gasteiger partial charge in [-0.05, 0) is 29.8 Å². The van der Waals surface area contributed by atoms with Crippen molar-refractivity contribution >= 4 is 23.2 Å². The van der Waals surface area contributed by atoms with Crippen molar-refractivity contribution in [2.24, 2.45) is 0 Å².